The molecule has 0 fully saturated rings. The Morgan fingerprint density at radius 1 is 1.11 bits per heavy atom. The minimum atomic E-state index is -0.944. The van der Waals surface area contributed by atoms with Gasteiger partial charge in [-0.2, -0.15) is 9.36 Å². The summed E-state index contributed by atoms with van der Waals surface area (Å²) in [5.41, 5.74) is 0.776. The highest BCUT2D eigenvalue weighted by atomic mass is 16.5. The van der Waals surface area contributed by atoms with Crippen LogP contribution < -0.4 is 10.4 Å². The van der Waals surface area contributed by atoms with Gasteiger partial charge in [0.2, 0.25) is 0 Å². The number of carbonyl (C=O) groups excluding carboxylic acids is 1. The van der Waals surface area contributed by atoms with Crippen LogP contribution in [0.3, 0.4) is 0 Å². The Kier molecular flexibility index (Phi) is 5.77. The quantitative estimate of drug-likeness (QED) is 0.605. The van der Waals surface area contributed by atoms with Crippen molar-refractivity contribution in [3.05, 3.63) is 70.6 Å². The van der Waals surface area contributed by atoms with Gasteiger partial charge in [-0.05, 0) is 46.8 Å². The van der Waals surface area contributed by atoms with Gasteiger partial charge in [0, 0.05) is 12.0 Å². The van der Waals surface area contributed by atoms with Crippen LogP contribution in [0.25, 0.3) is 5.69 Å². The molecule has 8 heteroatoms. The lowest BCUT2D eigenvalue weighted by molar-refractivity contribution is 0.0878. The minimum absolute atomic E-state index is 0.0221. The van der Waals surface area contributed by atoms with Gasteiger partial charge in [-0.3, -0.25) is 4.79 Å². The van der Waals surface area contributed by atoms with Crippen LogP contribution in [0.15, 0.2) is 59.4 Å². The monoisotopic (exact) mass is 368 g/mol. The van der Waals surface area contributed by atoms with Crippen LogP contribution in [-0.2, 0) is 6.54 Å². The molecule has 0 saturated carbocycles. The minimum Gasteiger partial charge on any atom is -0.491 e. The molecule has 0 radical (unpaired) electrons. The van der Waals surface area contributed by atoms with Crippen LogP contribution in [0.1, 0.15) is 23.7 Å². The third kappa shape index (κ3) is 4.48. The molecule has 1 aromatic heterocycles. The summed E-state index contributed by atoms with van der Waals surface area (Å²) in [5, 5.41) is 17.7. The van der Waals surface area contributed by atoms with E-state index in [1.807, 2.05) is 6.07 Å². The zero-order valence-electron chi connectivity index (χ0n) is 14.9. The molecule has 1 atom stereocenters. The predicted molar refractivity (Wildman–Crippen MR) is 98.2 cm³/mol. The van der Waals surface area contributed by atoms with Crippen molar-refractivity contribution in [1.82, 2.24) is 19.8 Å². The summed E-state index contributed by atoms with van der Waals surface area (Å²) < 4.78 is 7.76. The van der Waals surface area contributed by atoms with E-state index in [1.54, 1.807) is 55.5 Å². The highest BCUT2D eigenvalue weighted by Gasteiger charge is 2.13. The number of ketones is 1. The number of nitrogens with zero attached hydrogens (tertiary/aromatic N) is 4. The molecule has 2 aromatic carbocycles. The first-order valence-corrected chi connectivity index (χ1v) is 8.61. The molecule has 0 aliphatic rings. The number of ether oxygens (including phenoxy) is 1. The molecule has 3 aromatic rings. The lowest BCUT2D eigenvalue weighted by Gasteiger charge is -2.11. The molecule has 0 bridgehead atoms. The Morgan fingerprint density at radius 2 is 1.81 bits per heavy atom. The third-order valence-electron chi connectivity index (χ3n) is 3.96. The van der Waals surface area contributed by atoms with Gasteiger partial charge < -0.3 is 9.84 Å². The molecule has 3 rings (SSSR count). The number of rotatable bonds is 8. The predicted octanol–water partition coefficient (Wildman–Crippen LogP) is 1.46. The summed E-state index contributed by atoms with van der Waals surface area (Å²) in [6.07, 6.45) is -0.502. The summed E-state index contributed by atoms with van der Waals surface area (Å²) in [4.78, 5) is 23.9. The number of tetrazole rings is 1. The van der Waals surface area contributed by atoms with E-state index >= 15 is 0 Å². The third-order valence-corrected chi connectivity index (χ3v) is 3.96. The number of hydrogen-bond donors (Lipinski definition) is 1. The van der Waals surface area contributed by atoms with Gasteiger partial charge >= 0.3 is 5.69 Å². The van der Waals surface area contributed by atoms with Crippen LogP contribution >= 0.6 is 0 Å². The number of carbonyl (C=O) groups is 1. The Morgan fingerprint density at radius 3 is 2.48 bits per heavy atom. The Balaban J connectivity index is 1.58. The molecule has 0 aliphatic carbocycles. The van der Waals surface area contributed by atoms with Crippen LogP contribution in [0.2, 0.25) is 0 Å². The van der Waals surface area contributed by atoms with Crippen molar-refractivity contribution in [2.75, 3.05) is 6.61 Å². The number of aliphatic hydroxyl groups excluding tert-OH is 1. The van der Waals surface area contributed by atoms with Crippen molar-refractivity contribution in [2.24, 2.45) is 0 Å². The van der Waals surface area contributed by atoms with Crippen molar-refractivity contribution in [3.8, 4) is 11.4 Å². The number of aromatic nitrogens is 4. The fourth-order valence-electron chi connectivity index (χ4n) is 2.51. The molecule has 0 amide bonds. The first-order chi connectivity index (χ1) is 13.1. The topological polar surface area (TPSA) is 99.2 Å². The number of hydrogen-bond acceptors (Lipinski definition) is 6. The Hall–Kier alpha value is -3.26. The first-order valence-electron chi connectivity index (χ1n) is 8.61. The summed E-state index contributed by atoms with van der Waals surface area (Å²) in [6.45, 7) is 1.74. The standard InChI is InChI=1S/C19H20N4O4/c1-2-18(25)14-8-10-17(11-9-14)27-13-16(24)12-22-19(26)23(21-20-22)15-6-4-3-5-7-15/h3-11,16,24H,2,12-13H2,1H3/t16-/m1/s1. The van der Waals surface area contributed by atoms with E-state index in [2.05, 4.69) is 10.4 Å². The molecule has 0 spiro atoms. The van der Waals surface area contributed by atoms with E-state index < -0.39 is 11.8 Å². The summed E-state index contributed by atoms with van der Waals surface area (Å²) in [5.74, 6) is 0.587. The van der Waals surface area contributed by atoms with Crippen molar-refractivity contribution in [3.63, 3.8) is 0 Å². The summed E-state index contributed by atoms with van der Waals surface area (Å²) in [7, 11) is 0. The number of benzene rings is 2. The van der Waals surface area contributed by atoms with Crippen LogP contribution in [0, 0.1) is 0 Å². The first kappa shape index (κ1) is 18.5. The molecular weight excluding hydrogens is 348 g/mol. The molecule has 1 N–H and O–H groups in total. The van der Waals surface area contributed by atoms with Crippen LogP contribution in [-0.4, -0.2) is 43.4 Å². The maximum atomic E-state index is 12.3. The van der Waals surface area contributed by atoms with Gasteiger partial charge in [0.1, 0.15) is 18.5 Å². The normalized spacial score (nSPS) is 11.9. The highest BCUT2D eigenvalue weighted by molar-refractivity contribution is 5.95. The SMILES string of the molecule is CCC(=O)c1ccc(OC[C@H](O)Cn2nnn(-c3ccccc3)c2=O)cc1. The Bertz CT molecular complexity index is 948. The van der Waals surface area contributed by atoms with E-state index in [4.69, 9.17) is 4.74 Å². The zero-order chi connectivity index (χ0) is 19.2. The van der Waals surface area contributed by atoms with Gasteiger partial charge in [0.25, 0.3) is 0 Å². The molecule has 0 unspecified atom stereocenters. The molecular formula is C19H20N4O4. The molecule has 8 nitrogen and oxygen atoms in total. The van der Waals surface area contributed by atoms with Crippen LogP contribution in [0.4, 0.5) is 0 Å². The highest BCUT2D eigenvalue weighted by Crippen LogP contribution is 2.14. The second-order valence-electron chi connectivity index (χ2n) is 5.96. The molecule has 0 saturated heterocycles. The van der Waals surface area contributed by atoms with Gasteiger partial charge in [-0.1, -0.05) is 25.1 Å². The molecule has 27 heavy (non-hydrogen) atoms. The second-order valence-corrected chi connectivity index (χ2v) is 5.96. The molecule has 1 heterocycles. The van der Waals surface area contributed by atoms with Crippen molar-refractivity contribution >= 4 is 5.78 Å². The second kappa shape index (κ2) is 8.41. The van der Waals surface area contributed by atoms with Crippen molar-refractivity contribution in [1.29, 1.82) is 0 Å². The number of aliphatic hydroxyl groups is 1. The largest absolute Gasteiger partial charge is 0.491 e. The average molecular weight is 368 g/mol. The summed E-state index contributed by atoms with van der Waals surface area (Å²) >= 11 is 0. The Labute approximate surface area is 155 Å². The smallest absolute Gasteiger partial charge is 0.368 e. The maximum absolute atomic E-state index is 12.3. The summed E-state index contributed by atoms with van der Waals surface area (Å²) in [6, 6.07) is 15.6. The van der Waals surface area contributed by atoms with Gasteiger partial charge in [-0.25, -0.2) is 4.79 Å². The number of Topliss-reactive ketones (excluding diaryl/α,β-unsaturated/α-hetero) is 1. The van der Waals surface area contributed by atoms with Gasteiger partial charge in [0.15, 0.2) is 5.78 Å². The van der Waals surface area contributed by atoms with Gasteiger partial charge in [-0.15, -0.1) is 0 Å². The lowest BCUT2D eigenvalue weighted by atomic mass is 10.1. The van der Waals surface area contributed by atoms with E-state index in [-0.39, 0.29) is 18.9 Å². The fourth-order valence-corrected chi connectivity index (χ4v) is 2.51. The average Bonchev–Trinajstić information content (AvgIpc) is 3.07. The number of para-hydroxylation sites is 1. The van der Waals surface area contributed by atoms with E-state index in [0.717, 1.165) is 9.36 Å². The van der Waals surface area contributed by atoms with E-state index in [0.29, 0.717) is 23.4 Å². The van der Waals surface area contributed by atoms with Crippen molar-refractivity contribution < 1.29 is 14.6 Å². The fraction of sp³-hybridized carbons (Fsp3) is 0.263. The van der Waals surface area contributed by atoms with Crippen molar-refractivity contribution in [2.45, 2.75) is 26.0 Å². The van der Waals surface area contributed by atoms with E-state index in [1.165, 1.54) is 0 Å². The zero-order valence-corrected chi connectivity index (χ0v) is 14.9. The molecule has 140 valence electrons. The van der Waals surface area contributed by atoms with Crippen LogP contribution in [0.5, 0.6) is 5.75 Å². The maximum Gasteiger partial charge on any atom is 0.368 e. The van der Waals surface area contributed by atoms with Gasteiger partial charge in [0.05, 0.1) is 12.2 Å². The lowest BCUT2D eigenvalue weighted by Crippen LogP contribution is -2.31. The van der Waals surface area contributed by atoms with E-state index in [9.17, 15) is 14.7 Å². The molecule has 0 aliphatic heterocycles.